The summed E-state index contributed by atoms with van der Waals surface area (Å²) in [5.41, 5.74) is 0.149. The van der Waals surface area contributed by atoms with Gasteiger partial charge in [-0.05, 0) is 38.6 Å². The molecule has 0 aliphatic carbocycles. The molecule has 0 radical (unpaired) electrons. The Labute approximate surface area is 121 Å². The van der Waals surface area contributed by atoms with E-state index in [-0.39, 0.29) is 12.0 Å². The third-order valence-electron chi connectivity index (χ3n) is 4.72. The number of halogens is 3. The van der Waals surface area contributed by atoms with E-state index in [4.69, 9.17) is 0 Å². The summed E-state index contributed by atoms with van der Waals surface area (Å²) in [6.07, 6.45) is -0.588. The third kappa shape index (κ3) is 5.24. The zero-order valence-corrected chi connectivity index (χ0v) is 13.0. The Bertz CT molecular complexity index is 275. The van der Waals surface area contributed by atoms with Gasteiger partial charge in [-0.2, -0.15) is 13.2 Å². The van der Waals surface area contributed by atoms with E-state index in [1.807, 2.05) is 0 Å². The van der Waals surface area contributed by atoms with Crippen LogP contribution in [0.5, 0.6) is 0 Å². The summed E-state index contributed by atoms with van der Waals surface area (Å²) in [7, 11) is 0. The smallest absolute Gasteiger partial charge is 0.308 e. The van der Waals surface area contributed by atoms with Crippen LogP contribution in [0.3, 0.4) is 0 Å². The van der Waals surface area contributed by atoms with Gasteiger partial charge in [0.15, 0.2) is 0 Å². The van der Waals surface area contributed by atoms with Gasteiger partial charge in [0.1, 0.15) is 0 Å². The number of nitrogens with zero attached hydrogens (tertiary/aromatic N) is 1. The molecule has 1 N–H and O–H groups in total. The highest BCUT2D eigenvalue weighted by Gasteiger charge is 2.35. The van der Waals surface area contributed by atoms with Gasteiger partial charge in [0.2, 0.25) is 0 Å². The molecule has 1 saturated heterocycles. The molecule has 1 aliphatic rings. The van der Waals surface area contributed by atoms with E-state index in [0.717, 1.165) is 38.9 Å². The number of rotatable bonds is 7. The summed E-state index contributed by atoms with van der Waals surface area (Å²) < 4.78 is 36.5. The molecule has 0 bridgehead atoms. The first-order valence-corrected chi connectivity index (χ1v) is 7.91. The molecule has 0 spiro atoms. The van der Waals surface area contributed by atoms with Crippen LogP contribution in [-0.2, 0) is 0 Å². The molecule has 1 unspecified atom stereocenters. The van der Waals surface area contributed by atoms with Gasteiger partial charge in [-0.3, -0.25) is 4.90 Å². The van der Waals surface area contributed by atoms with Crippen molar-refractivity contribution in [3.8, 4) is 0 Å². The molecule has 1 rings (SSSR count). The van der Waals surface area contributed by atoms with Gasteiger partial charge in [0.05, 0.1) is 0 Å². The van der Waals surface area contributed by atoms with Crippen LogP contribution < -0.4 is 5.32 Å². The number of piperazine rings is 1. The Morgan fingerprint density at radius 3 is 2.30 bits per heavy atom. The minimum absolute atomic E-state index is 0.149. The van der Waals surface area contributed by atoms with E-state index in [1.54, 1.807) is 0 Å². The summed E-state index contributed by atoms with van der Waals surface area (Å²) in [5.74, 6) is 0. The molecule has 0 aromatic heterocycles. The fourth-order valence-electron chi connectivity index (χ4n) is 3.07. The van der Waals surface area contributed by atoms with Crippen molar-refractivity contribution in [2.24, 2.45) is 0 Å². The Hall–Kier alpha value is -0.290. The standard InChI is InChI=1S/C15H29F3N2/c1-4-13-11-19-14(5-2,6-3)12-20(13)10-8-7-9-15(16,17)18/h13,19H,4-12H2,1-3H3. The van der Waals surface area contributed by atoms with E-state index in [2.05, 4.69) is 31.0 Å². The first-order chi connectivity index (χ1) is 9.36. The second kappa shape index (κ2) is 7.64. The number of nitrogens with one attached hydrogen (secondary N) is 1. The second-order valence-electron chi connectivity index (χ2n) is 5.97. The molecule has 2 nitrogen and oxygen atoms in total. The van der Waals surface area contributed by atoms with Crippen molar-refractivity contribution < 1.29 is 13.2 Å². The van der Waals surface area contributed by atoms with Crippen LogP contribution in [-0.4, -0.2) is 42.3 Å². The van der Waals surface area contributed by atoms with E-state index in [1.165, 1.54) is 0 Å². The van der Waals surface area contributed by atoms with Crippen molar-refractivity contribution in [2.45, 2.75) is 77.1 Å². The number of hydrogen-bond donors (Lipinski definition) is 1. The minimum atomic E-state index is -4.01. The fraction of sp³-hybridized carbons (Fsp3) is 1.00. The molecule has 20 heavy (non-hydrogen) atoms. The van der Waals surface area contributed by atoms with Gasteiger partial charge in [-0.1, -0.05) is 20.8 Å². The lowest BCUT2D eigenvalue weighted by Crippen LogP contribution is -2.63. The van der Waals surface area contributed by atoms with E-state index >= 15 is 0 Å². The summed E-state index contributed by atoms with van der Waals surface area (Å²) >= 11 is 0. The van der Waals surface area contributed by atoms with Gasteiger partial charge >= 0.3 is 6.18 Å². The maximum Gasteiger partial charge on any atom is 0.389 e. The molecule has 5 heteroatoms. The van der Waals surface area contributed by atoms with Gasteiger partial charge in [-0.25, -0.2) is 0 Å². The van der Waals surface area contributed by atoms with Crippen LogP contribution >= 0.6 is 0 Å². The quantitative estimate of drug-likeness (QED) is 0.715. The molecule has 0 saturated carbocycles. The van der Waals surface area contributed by atoms with Crippen LogP contribution in [0, 0.1) is 0 Å². The first kappa shape index (κ1) is 17.8. The monoisotopic (exact) mass is 294 g/mol. The normalized spacial score (nSPS) is 24.0. The van der Waals surface area contributed by atoms with Crippen LogP contribution in [0.1, 0.15) is 59.3 Å². The molecular formula is C15H29F3N2. The van der Waals surface area contributed by atoms with Gasteiger partial charge in [0, 0.05) is 31.1 Å². The topological polar surface area (TPSA) is 15.3 Å². The number of alkyl halides is 3. The number of unbranched alkanes of at least 4 members (excludes halogenated alkanes) is 1. The van der Waals surface area contributed by atoms with Crippen LogP contribution in [0.15, 0.2) is 0 Å². The van der Waals surface area contributed by atoms with Crippen molar-refractivity contribution in [1.82, 2.24) is 10.2 Å². The van der Waals surface area contributed by atoms with Crippen LogP contribution in [0.25, 0.3) is 0 Å². The van der Waals surface area contributed by atoms with Crippen molar-refractivity contribution >= 4 is 0 Å². The zero-order chi connectivity index (χ0) is 15.2. The molecule has 0 amide bonds. The molecule has 0 aromatic carbocycles. The fourth-order valence-corrected chi connectivity index (χ4v) is 3.07. The van der Waals surface area contributed by atoms with E-state index in [9.17, 15) is 13.2 Å². The van der Waals surface area contributed by atoms with E-state index < -0.39 is 12.6 Å². The molecule has 1 fully saturated rings. The highest BCUT2D eigenvalue weighted by Crippen LogP contribution is 2.26. The van der Waals surface area contributed by atoms with Crippen molar-refractivity contribution in [1.29, 1.82) is 0 Å². The van der Waals surface area contributed by atoms with Crippen molar-refractivity contribution in [3.05, 3.63) is 0 Å². The van der Waals surface area contributed by atoms with Gasteiger partial charge < -0.3 is 5.32 Å². The average molecular weight is 294 g/mol. The summed E-state index contributed by atoms with van der Waals surface area (Å²) in [6, 6.07) is 0.465. The minimum Gasteiger partial charge on any atom is -0.308 e. The predicted molar refractivity (Wildman–Crippen MR) is 76.9 cm³/mol. The SMILES string of the molecule is CCC1CNC(CC)(CC)CN1CCCCC(F)(F)F. The lowest BCUT2D eigenvalue weighted by atomic mass is 9.88. The summed E-state index contributed by atoms with van der Waals surface area (Å²) in [5, 5.41) is 3.66. The highest BCUT2D eigenvalue weighted by atomic mass is 19.4. The maximum atomic E-state index is 12.2. The van der Waals surface area contributed by atoms with Gasteiger partial charge in [0.25, 0.3) is 0 Å². The molecule has 0 aromatic rings. The second-order valence-corrected chi connectivity index (χ2v) is 5.97. The summed E-state index contributed by atoms with van der Waals surface area (Å²) in [4.78, 5) is 2.40. The van der Waals surface area contributed by atoms with Crippen molar-refractivity contribution in [2.75, 3.05) is 19.6 Å². The molecule has 120 valence electrons. The molecule has 1 atom stereocenters. The van der Waals surface area contributed by atoms with Gasteiger partial charge in [-0.15, -0.1) is 0 Å². The van der Waals surface area contributed by atoms with Crippen molar-refractivity contribution in [3.63, 3.8) is 0 Å². The Kier molecular flexibility index (Phi) is 6.79. The largest absolute Gasteiger partial charge is 0.389 e. The zero-order valence-electron chi connectivity index (χ0n) is 13.0. The lowest BCUT2D eigenvalue weighted by Gasteiger charge is -2.47. The van der Waals surface area contributed by atoms with Crippen LogP contribution in [0.2, 0.25) is 0 Å². The third-order valence-corrected chi connectivity index (χ3v) is 4.72. The Morgan fingerprint density at radius 1 is 1.15 bits per heavy atom. The molecule has 1 heterocycles. The summed E-state index contributed by atoms with van der Waals surface area (Å²) in [6.45, 7) is 9.23. The maximum absolute atomic E-state index is 12.2. The first-order valence-electron chi connectivity index (χ1n) is 7.91. The Morgan fingerprint density at radius 2 is 1.80 bits per heavy atom. The van der Waals surface area contributed by atoms with Crippen LogP contribution in [0.4, 0.5) is 13.2 Å². The number of hydrogen-bond acceptors (Lipinski definition) is 2. The molecular weight excluding hydrogens is 265 g/mol. The Balaban J connectivity index is 2.46. The average Bonchev–Trinajstić information content (AvgIpc) is 2.42. The predicted octanol–water partition coefficient (Wildman–Crippen LogP) is 3.96. The molecule has 1 aliphatic heterocycles. The van der Waals surface area contributed by atoms with E-state index in [0.29, 0.717) is 12.5 Å². The highest BCUT2D eigenvalue weighted by molar-refractivity contribution is 4.96. The lowest BCUT2D eigenvalue weighted by molar-refractivity contribution is -0.135.